The Hall–Kier alpha value is -2.93. The smallest absolute Gasteiger partial charge is 0.223 e. The molecule has 7 heteroatoms. The number of carbonyl (C=O) groups excluding carboxylic acids is 1. The first-order chi connectivity index (χ1) is 16.5. The first-order valence-electron chi connectivity index (χ1n) is 12.1. The summed E-state index contributed by atoms with van der Waals surface area (Å²) in [5.74, 6) is -0.651. The Balaban J connectivity index is 1.21. The van der Waals surface area contributed by atoms with Gasteiger partial charge in [-0.3, -0.25) is 19.7 Å². The van der Waals surface area contributed by atoms with Crippen LogP contribution in [0.5, 0.6) is 0 Å². The molecule has 5 rings (SSSR count). The Morgan fingerprint density at radius 1 is 1.18 bits per heavy atom. The molecule has 5 nitrogen and oxygen atoms in total. The van der Waals surface area contributed by atoms with Crippen LogP contribution in [0.4, 0.5) is 8.78 Å². The van der Waals surface area contributed by atoms with E-state index in [-0.39, 0.29) is 23.9 Å². The van der Waals surface area contributed by atoms with Crippen molar-refractivity contribution < 1.29 is 13.6 Å². The zero-order valence-electron chi connectivity index (χ0n) is 19.6. The highest BCUT2D eigenvalue weighted by Gasteiger charge is 2.31. The third-order valence-electron chi connectivity index (χ3n) is 7.21. The number of pyridine rings is 1. The first kappa shape index (κ1) is 22.8. The maximum atomic E-state index is 14.1. The fourth-order valence-corrected chi connectivity index (χ4v) is 5.41. The standard InChI is InChI=1S/C27H30F2N4O/c1-18-12-20(7-9-30-18)27-22-17-33(11-8-21(22)14-31-27)26(34)13-19-4-3-10-32(15-19)16-23-24(28)5-2-6-25(23)29/h2,5-7,9,12,19H,3-4,8,10-11,13-17H2,1H3/t19-/m0/s1. The van der Waals surface area contributed by atoms with Gasteiger partial charge in [-0.1, -0.05) is 6.07 Å². The third kappa shape index (κ3) is 4.80. The number of aromatic nitrogens is 1. The van der Waals surface area contributed by atoms with Gasteiger partial charge in [0.1, 0.15) is 11.6 Å². The molecule has 4 heterocycles. The van der Waals surface area contributed by atoms with Crippen LogP contribution >= 0.6 is 0 Å². The van der Waals surface area contributed by atoms with E-state index in [2.05, 4.69) is 9.88 Å². The lowest BCUT2D eigenvalue weighted by atomic mass is 9.92. The third-order valence-corrected chi connectivity index (χ3v) is 7.21. The van der Waals surface area contributed by atoms with E-state index < -0.39 is 11.6 Å². The predicted molar refractivity (Wildman–Crippen MR) is 128 cm³/mol. The molecule has 3 aliphatic rings. The summed E-state index contributed by atoms with van der Waals surface area (Å²) in [6.45, 7) is 5.75. The van der Waals surface area contributed by atoms with Gasteiger partial charge >= 0.3 is 0 Å². The molecule has 0 unspecified atom stereocenters. The van der Waals surface area contributed by atoms with Gasteiger partial charge in [-0.15, -0.1) is 0 Å². The highest BCUT2D eigenvalue weighted by Crippen LogP contribution is 2.29. The van der Waals surface area contributed by atoms with Crippen LogP contribution in [-0.4, -0.2) is 59.1 Å². The van der Waals surface area contributed by atoms with E-state index in [0.29, 0.717) is 19.5 Å². The van der Waals surface area contributed by atoms with E-state index in [4.69, 9.17) is 4.99 Å². The number of rotatable bonds is 5. The minimum Gasteiger partial charge on any atom is -0.338 e. The number of hydrogen-bond donors (Lipinski definition) is 0. The molecule has 2 aromatic rings. The highest BCUT2D eigenvalue weighted by atomic mass is 19.1. The summed E-state index contributed by atoms with van der Waals surface area (Å²) in [7, 11) is 0. The predicted octanol–water partition coefficient (Wildman–Crippen LogP) is 4.30. The molecule has 0 radical (unpaired) electrons. The van der Waals surface area contributed by atoms with E-state index in [0.717, 1.165) is 55.9 Å². The number of likely N-dealkylation sites (tertiary alicyclic amines) is 1. The molecule has 1 saturated heterocycles. The van der Waals surface area contributed by atoms with Crippen molar-refractivity contribution >= 4 is 11.6 Å². The molecule has 34 heavy (non-hydrogen) atoms. The summed E-state index contributed by atoms with van der Waals surface area (Å²) >= 11 is 0. The molecular formula is C27H30F2N4O. The number of carbonyl (C=O) groups is 1. The molecule has 178 valence electrons. The number of piperidine rings is 1. The zero-order chi connectivity index (χ0) is 23.7. The highest BCUT2D eigenvalue weighted by molar-refractivity contribution is 6.15. The van der Waals surface area contributed by atoms with Crippen molar-refractivity contribution in [1.82, 2.24) is 14.8 Å². The second-order valence-electron chi connectivity index (χ2n) is 9.65. The molecule has 1 aromatic heterocycles. The Morgan fingerprint density at radius 3 is 2.79 bits per heavy atom. The number of nitrogens with zero attached hydrogens (tertiary/aromatic N) is 4. The van der Waals surface area contributed by atoms with Gasteiger partial charge in [0.25, 0.3) is 0 Å². The zero-order valence-corrected chi connectivity index (χ0v) is 19.6. The van der Waals surface area contributed by atoms with Crippen LogP contribution < -0.4 is 0 Å². The average molecular weight is 465 g/mol. The van der Waals surface area contributed by atoms with Crippen molar-refractivity contribution in [2.75, 3.05) is 32.7 Å². The minimum atomic E-state index is -0.506. The van der Waals surface area contributed by atoms with E-state index >= 15 is 0 Å². The van der Waals surface area contributed by atoms with Crippen molar-refractivity contribution in [2.45, 2.75) is 39.2 Å². The van der Waals surface area contributed by atoms with Gasteiger partial charge < -0.3 is 4.90 Å². The molecule has 3 aliphatic heterocycles. The lowest BCUT2D eigenvalue weighted by Crippen LogP contribution is -2.41. The second-order valence-corrected chi connectivity index (χ2v) is 9.65. The van der Waals surface area contributed by atoms with Gasteiger partial charge in [0.15, 0.2) is 0 Å². The lowest BCUT2D eigenvalue weighted by molar-refractivity contribution is -0.132. The van der Waals surface area contributed by atoms with E-state index in [1.807, 2.05) is 24.0 Å². The monoisotopic (exact) mass is 464 g/mol. The summed E-state index contributed by atoms with van der Waals surface area (Å²) in [4.78, 5) is 26.3. The Morgan fingerprint density at radius 2 is 2.00 bits per heavy atom. The number of aryl methyl sites for hydroxylation is 1. The lowest BCUT2D eigenvalue weighted by Gasteiger charge is -2.35. The Bertz CT molecular complexity index is 1140. The minimum absolute atomic E-state index is 0.115. The van der Waals surface area contributed by atoms with Crippen molar-refractivity contribution in [3.8, 4) is 0 Å². The second kappa shape index (κ2) is 9.74. The van der Waals surface area contributed by atoms with Crippen molar-refractivity contribution in [2.24, 2.45) is 10.9 Å². The Kier molecular flexibility index (Phi) is 6.55. The maximum absolute atomic E-state index is 14.1. The SMILES string of the molecule is Cc1cc(C2=NCC3=C2CN(C(=O)C[C@@H]2CCCN(Cc4c(F)cccc4F)C2)CC3)ccn1. The van der Waals surface area contributed by atoms with Crippen molar-refractivity contribution in [3.63, 3.8) is 0 Å². The molecule has 0 saturated carbocycles. The first-order valence-corrected chi connectivity index (χ1v) is 12.1. The fraction of sp³-hybridized carbons (Fsp3) is 0.444. The fourth-order valence-electron chi connectivity index (χ4n) is 5.41. The van der Waals surface area contributed by atoms with Crippen LogP contribution in [0.15, 0.2) is 52.7 Å². The molecule has 1 fully saturated rings. The summed E-state index contributed by atoms with van der Waals surface area (Å²) in [6, 6.07) is 8.02. The van der Waals surface area contributed by atoms with Gasteiger partial charge in [0.05, 0.1) is 12.3 Å². The largest absolute Gasteiger partial charge is 0.338 e. The number of halogens is 2. The van der Waals surface area contributed by atoms with E-state index in [1.165, 1.54) is 29.3 Å². The number of aliphatic imine (C=N–C) groups is 1. The number of benzene rings is 1. The van der Waals surface area contributed by atoms with Gasteiger partial charge in [0.2, 0.25) is 5.91 Å². The average Bonchev–Trinajstić information content (AvgIpc) is 3.25. The van der Waals surface area contributed by atoms with E-state index in [9.17, 15) is 13.6 Å². The summed E-state index contributed by atoms with van der Waals surface area (Å²) < 4.78 is 28.2. The topological polar surface area (TPSA) is 48.8 Å². The quantitative estimate of drug-likeness (QED) is 0.663. The molecule has 0 spiro atoms. The molecule has 0 aliphatic carbocycles. The van der Waals surface area contributed by atoms with Crippen LogP contribution in [0.3, 0.4) is 0 Å². The van der Waals surface area contributed by atoms with Crippen LogP contribution in [-0.2, 0) is 11.3 Å². The van der Waals surface area contributed by atoms with E-state index in [1.54, 1.807) is 6.20 Å². The Labute approximate surface area is 199 Å². The molecule has 1 aromatic carbocycles. The van der Waals surface area contributed by atoms with Crippen LogP contribution in [0.25, 0.3) is 0 Å². The summed E-state index contributed by atoms with van der Waals surface area (Å²) in [5.41, 5.74) is 5.65. The van der Waals surface area contributed by atoms with Gasteiger partial charge in [0, 0.05) is 55.6 Å². The van der Waals surface area contributed by atoms with Crippen LogP contribution in [0.1, 0.15) is 42.5 Å². The number of hydrogen-bond acceptors (Lipinski definition) is 4. The molecule has 1 amide bonds. The van der Waals surface area contributed by atoms with Crippen LogP contribution in [0, 0.1) is 24.5 Å². The summed E-state index contributed by atoms with van der Waals surface area (Å²) in [5, 5.41) is 0. The molecule has 0 bridgehead atoms. The maximum Gasteiger partial charge on any atom is 0.223 e. The van der Waals surface area contributed by atoms with Gasteiger partial charge in [-0.2, -0.15) is 0 Å². The molecule has 1 atom stereocenters. The summed E-state index contributed by atoms with van der Waals surface area (Å²) in [6.07, 6.45) is 5.04. The van der Waals surface area contributed by atoms with Crippen molar-refractivity contribution in [3.05, 3.63) is 76.1 Å². The van der Waals surface area contributed by atoms with Crippen LogP contribution in [0.2, 0.25) is 0 Å². The number of amides is 1. The van der Waals surface area contributed by atoms with Gasteiger partial charge in [-0.05, 0) is 74.1 Å². The molecule has 0 N–H and O–H groups in total. The molecular weight excluding hydrogens is 434 g/mol. The van der Waals surface area contributed by atoms with Gasteiger partial charge in [-0.25, -0.2) is 8.78 Å². The normalized spacial score (nSPS) is 21.0. The van der Waals surface area contributed by atoms with Crippen molar-refractivity contribution in [1.29, 1.82) is 0 Å².